The molecule has 2 rings (SSSR count). The SMILES string of the molecule is Cc1ccccc1CNS(=O)(=O)c1cccs1. The van der Waals surface area contributed by atoms with Gasteiger partial charge in [0, 0.05) is 6.54 Å². The highest BCUT2D eigenvalue weighted by Gasteiger charge is 2.14. The Morgan fingerprint density at radius 1 is 1.18 bits per heavy atom. The van der Waals surface area contributed by atoms with E-state index in [9.17, 15) is 8.42 Å². The number of nitrogens with one attached hydrogen (secondary N) is 1. The van der Waals surface area contributed by atoms with E-state index in [1.807, 2.05) is 31.2 Å². The molecule has 0 amide bonds. The van der Waals surface area contributed by atoms with Gasteiger partial charge in [0.25, 0.3) is 0 Å². The third-order valence-corrected chi connectivity index (χ3v) is 5.27. The number of hydrogen-bond acceptors (Lipinski definition) is 3. The Hall–Kier alpha value is -1.17. The largest absolute Gasteiger partial charge is 0.250 e. The summed E-state index contributed by atoms with van der Waals surface area (Å²) >= 11 is 1.22. The van der Waals surface area contributed by atoms with Crippen molar-refractivity contribution in [3.05, 3.63) is 52.9 Å². The van der Waals surface area contributed by atoms with Gasteiger partial charge in [0.05, 0.1) is 0 Å². The summed E-state index contributed by atoms with van der Waals surface area (Å²) in [7, 11) is -3.36. The van der Waals surface area contributed by atoms with Gasteiger partial charge in [-0.3, -0.25) is 0 Å². The summed E-state index contributed by atoms with van der Waals surface area (Å²) in [6, 6.07) is 11.1. The van der Waals surface area contributed by atoms with Crippen LogP contribution in [-0.2, 0) is 16.6 Å². The summed E-state index contributed by atoms with van der Waals surface area (Å²) in [4.78, 5) is 0. The van der Waals surface area contributed by atoms with Gasteiger partial charge in [-0.05, 0) is 29.5 Å². The molecule has 0 aliphatic rings. The molecular formula is C12H13NO2S2. The van der Waals surface area contributed by atoms with Crippen LogP contribution in [0.4, 0.5) is 0 Å². The maximum atomic E-state index is 11.9. The Labute approximate surface area is 105 Å². The van der Waals surface area contributed by atoms with Gasteiger partial charge in [0.2, 0.25) is 10.0 Å². The quantitative estimate of drug-likeness (QED) is 0.925. The number of benzene rings is 1. The lowest BCUT2D eigenvalue weighted by atomic mass is 10.1. The van der Waals surface area contributed by atoms with Crippen LogP contribution in [0.3, 0.4) is 0 Å². The zero-order chi connectivity index (χ0) is 12.3. The molecule has 0 atom stereocenters. The van der Waals surface area contributed by atoms with Gasteiger partial charge in [-0.2, -0.15) is 0 Å². The van der Waals surface area contributed by atoms with Gasteiger partial charge in [-0.1, -0.05) is 30.3 Å². The molecule has 3 nitrogen and oxygen atoms in total. The third kappa shape index (κ3) is 2.94. The zero-order valence-electron chi connectivity index (χ0n) is 9.38. The molecule has 0 unspecified atom stereocenters. The Bertz CT molecular complexity index is 589. The predicted octanol–water partition coefficient (Wildman–Crippen LogP) is 2.54. The Morgan fingerprint density at radius 3 is 2.59 bits per heavy atom. The smallest absolute Gasteiger partial charge is 0.206 e. The summed E-state index contributed by atoms with van der Waals surface area (Å²) in [6.07, 6.45) is 0. The maximum Gasteiger partial charge on any atom is 0.250 e. The summed E-state index contributed by atoms with van der Waals surface area (Å²) in [5.41, 5.74) is 2.08. The maximum absolute atomic E-state index is 11.9. The highest BCUT2D eigenvalue weighted by Crippen LogP contribution is 2.16. The van der Waals surface area contributed by atoms with Gasteiger partial charge in [-0.25, -0.2) is 13.1 Å². The van der Waals surface area contributed by atoms with E-state index in [4.69, 9.17) is 0 Å². The van der Waals surface area contributed by atoms with Crippen molar-refractivity contribution in [2.75, 3.05) is 0 Å². The van der Waals surface area contributed by atoms with Crippen molar-refractivity contribution < 1.29 is 8.42 Å². The van der Waals surface area contributed by atoms with E-state index in [1.54, 1.807) is 17.5 Å². The standard InChI is InChI=1S/C12H13NO2S2/c1-10-5-2-3-6-11(10)9-13-17(14,15)12-7-4-8-16-12/h2-8,13H,9H2,1H3. The molecule has 0 radical (unpaired) electrons. The molecular weight excluding hydrogens is 254 g/mol. The number of sulfonamides is 1. The first-order valence-electron chi connectivity index (χ1n) is 5.17. The molecule has 1 aromatic carbocycles. The highest BCUT2D eigenvalue weighted by atomic mass is 32.2. The first kappa shape index (κ1) is 12.3. The van der Waals surface area contributed by atoms with Gasteiger partial charge in [0.1, 0.15) is 4.21 Å². The Balaban J connectivity index is 2.12. The van der Waals surface area contributed by atoms with Crippen molar-refractivity contribution >= 4 is 21.4 Å². The van der Waals surface area contributed by atoms with E-state index in [2.05, 4.69) is 4.72 Å². The van der Waals surface area contributed by atoms with E-state index in [0.29, 0.717) is 10.8 Å². The van der Waals surface area contributed by atoms with Crippen LogP contribution in [0.1, 0.15) is 11.1 Å². The van der Waals surface area contributed by atoms with Gasteiger partial charge < -0.3 is 0 Å². The van der Waals surface area contributed by atoms with E-state index >= 15 is 0 Å². The van der Waals surface area contributed by atoms with E-state index < -0.39 is 10.0 Å². The minimum atomic E-state index is -3.36. The number of rotatable bonds is 4. The minimum absolute atomic E-state index is 0.326. The molecule has 0 fully saturated rings. The normalized spacial score (nSPS) is 11.6. The Morgan fingerprint density at radius 2 is 1.94 bits per heavy atom. The highest BCUT2D eigenvalue weighted by molar-refractivity contribution is 7.91. The van der Waals surface area contributed by atoms with Crippen LogP contribution in [0.15, 0.2) is 46.0 Å². The lowest BCUT2D eigenvalue weighted by Crippen LogP contribution is -2.22. The lowest BCUT2D eigenvalue weighted by Gasteiger charge is -2.07. The first-order chi connectivity index (χ1) is 8.09. The molecule has 90 valence electrons. The fourth-order valence-electron chi connectivity index (χ4n) is 1.47. The van der Waals surface area contributed by atoms with Crippen LogP contribution in [-0.4, -0.2) is 8.42 Å². The van der Waals surface area contributed by atoms with E-state index in [-0.39, 0.29) is 0 Å². The summed E-state index contributed by atoms with van der Waals surface area (Å²) in [5, 5.41) is 1.75. The van der Waals surface area contributed by atoms with Crippen LogP contribution in [0.25, 0.3) is 0 Å². The molecule has 17 heavy (non-hydrogen) atoms. The van der Waals surface area contributed by atoms with Crippen LogP contribution in [0, 0.1) is 6.92 Å². The summed E-state index contributed by atoms with van der Waals surface area (Å²) in [6.45, 7) is 2.29. The van der Waals surface area contributed by atoms with Crippen molar-refractivity contribution in [1.82, 2.24) is 4.72 Å². The molecule has 0 bridgehead atoms. The molecule has 1 heterocycles. The lowest BCUT2D eigenvalue weighted by molar-refractivity contribution is 0.583. The van der Waals surface area contributed by atoms with Crippen LogP contribution in [0.2, 0.25) is 0 Å². The molecule has 0 saturated heterocycles. The van der Waals surface area contributed by atoms with Crippen molar-refractivity contribution in [3.8, 4) is 0 Å². The second-order valence-corrected chi connectivity index (χ2v) is 6.62. The third-order valence-electron chi connectivity index (χ3n) is 2.47. The van der Waals surface area contributed by atoms with Crippen molar-refractivity contribution in [1.29, 1.82) is 0 Å². The Kier molecular flexibility index (Phi) is 3.61. The number of aryl methyl sites for hydroxylation is 1. The summed E-state index contributed by atoms with van der Waals surface area (Å²) in [5.74, 6) is 0. The molecule has 0 saturated carbocycles. The molecule has 0 aliphatic heterocycles. The van der Waals surface area contributed by atoms with Crippen molar-refractivity contribution in [2.24, 2.45) is 0 Å². The second-order valence-electron chi connectivity index (χ2n) is 3.68. The summed E-state index contributed by atoms with van der Waals surface area (Å²) < 4.78 is 26.7. The monoisotopic (exact) mass is 267 g/mol. The average Bonchev–Trinajstić information content (AvgIpc) is 2.82. The second kappa shape index (κ2) is 5.00. The van der Waals surface area contributed by atoms with Crippen LogP contribution >= 0.6 is 11.3 Å². The molecule has 0 spiro atoms. The molecule has 2 aromatic rings. The van der Waals surface area contributed by atoms with Crippen LogP contribution in [0.5, 0.6) is 0 Å². The van der Waals surface area contributed by atoms with E-state index in [1.165, 1.54) is 11.3 Å². The number of hydrogen-bond donors (Lipinski definition) is 1. The van der Waals surface area contributed by atoms with Gasteiger partial charge in [0.15, 0.2) is 0 Å². The predicted molar refractivity (Wildman–Crippen MR) is 69.5 cm³/mol. The number of thiophene rings is 1. The average molecular weight is 267 g/mol. The van der Waals surface area contributed by atoms with Gasteiger partial charge >= 0.3 is 0 Å². The molecule has 5 heteroatoms. The first-order valence-corrected chi connectivity index (χ1v) is 7.53. The topological polar surface area (TPSA) is 46.2 Å². The fraction of sp³-hybridized carbons (Fsp3) is 0.167. The molecule has 0 aliphatic carbocycles. The zero-order valence-corrected chi connectivity index (χ0v) is 11.0. The van der Waals surface area contributed by atoms with Gasteiger partial charge in [-0.15, -0.1) is 11.3 Å². The van der Waals surface area contributed by atoms with Crippen LogP contribution < -0.4 is 4.72 Å². The van der Waals surface area contributed by atoms with Crippen molar-refractivity contribution in [2.45, 2.75) is 17.7 Å². The molecule has 1 N–H and O–H groups in total. The minimum Gasteiger partial charge on any atom is -0.206 e. The fourth-order valence-corrected chi connectivity index (χ4v) is 3.51. The molecule has 1 aromatic heterocycles. The van der Waals surface area contributed by atoms with E-state index in [0.717, 1.165) is 11.1 Å². The van der Waals surface area contributed by atoms with Crippen molar-refractivity contribution in [3.63, 3.8) is 0 Å².